The van der Waals surface area contributed by atoms with Crippen LogP contribution in [0.15, 0.2) is 58.7 Å². The minimum atomic E-state index is -0.512. The number of nitrogens with one attached hydrogen (secondary N) is 4. The first-order valence-corrected chi connectivity index (χ1v) is 11.2. The van der Waals surface area contributed by atoms with Crippen molar-refractivity contribution in [2.24, 2.45) is 0 Å². The van der Waals surface area contributed by atoms with Crippen LogP contribution in [0.5, 0.6) is 0 Å². The molecule has 1 aromatic carbocycles. The number of aryl methyl sites for hydroxylation is 1. The number of H-pyrrole nitrogens is 1. The van der Waals surface area contributed by atoms with E-state index < -0.39 is 5.54 Å². The van der Waals surface area contributed by atoms with Gasteiger partial charge in [0, 0.05) is 34.1 Å². The van der Waals surface area contributed by atoms with Crippen LogP contribution in [0.2, 0.25) is 0 Å². The summed E-state index contributed by atoms with van der Waals surface area (Å²) in [5, 5.41) is 30.6. The Morgan fingerprint density at radius 1 is 1.24 bits per heavy atom. The fourth-order valence-electron chi connectivity index (χ4n) is 2.95. The molecule has 0 saturated heterocycles. The first-order valence-electron chi connectivity index (χ1n) is 10.4. The van der Waals surface area contributed by atoms with Crippen molar-refractivity contribution in [1.29, 1.82) is 0 Å². The summed E-state index contributed by atoms with van der Waals surface area (Å²) >= 11 is 1.42. The standard InChI is InChI=1S/C22H26N8O2S/c1-14-11-18(28-27-14)25-20-17-5-4-10-30(17)29-21(26-20)33-16-8-6-15(7-9-16)24-19(32)12-23-22(2,3)13-31/h4-11,23,31H,12-13H2,1-3H3,(H,24,32)(H2,25,26,27,28,29). The molecule has 11 heteroatoms. The molecular weight excluding hydrogens is 440 g/mol. The van der Waals surface area contributed by atoms with Crippen molar-refractivity contribution in [2.45, 2.75) is 36.4 Å². The maximum absolute atomic E-state index is 12.1. The van der Waals surface area contributed by atoms with Gasteiger partial charge in [-0.05, 0) is 68.9 Å². The van der Waals surface area contributed by atoms with Crippen molar-refractivity contribution in [3.8, 4) is 0 Å². The van der Waals surface area contributed by atoms with Gasteiger partial charge in [0.2, 0.25) is 11.1 Å². The lowest BCUT2D eigenvalue weighted by Gasteiger charge is -2.23. The minimum absolute atomic E-state index is 0.0539. The molecule has 3 aromatic heterocycles. The van der Waals surface area contributed by atoms with E-state index in [1.54, 1.807) is 4.52 Å². The van der Waals surface area contributed by atoms with Gasteiger partial charge in [-0.3, -0.25) is 9.89 Å². The van der Waals surface area contributed by atoms with Gasteiger partial charge in [0.05, 0.1) is 13.2 Å². The van der Waals surface area contributed by atoms with Crippen molar-refractivity contribution in [3.63, 3.8) is 0 Å². The third-order valence-corrected chi connectivity index (χ3v) is 5.66. The average Bonchev–Trinajstić information content (AvgIpc) is 3.43. The minimum Gasteiger partial charge on any atom is -0.394 e. The number of anilines is 3. The van der Waals surface area contributed by atoms with E-state index in [9.17, 15) is 9.90 Å². The smallest absolute Gasteiger partial charge is 0.238 e. The SMILES string of the molecule is Cc1cc(Nc2nc(Sc3ccc(NC(=O)CNC(C)(C)CO)cc3)nn3cccc23)n[nH]1. The summed E-state index contributed by atoms with van der Waals surface area (Å²) in [6, 6.07) is 13.2. The summed E-state index contributed by atoms with van der Waals surface area (Å²) in [6.45, 7) is 5.65. The fraction of sp³-hybridized carbons (Fsp3) is 0.273. The van der Waals surface area contributed by atoms with Gasteiger partial charge in [-0.1, -0.05) is 0 Å². The molecule has 4 aromatic rings. The van der Waals surface area contributed by atoms with Gasteiger partial charge in [0.15, 0.2) is 11.6 Å². The molecule has 0 aliphatic carbocycles. The molecule has 0 spiro atoms. The number of hydrogen-bond donors (Lipinski definition) is 5. The number of aliphatic hydroxyl groups is 1. The molecule has 172 valence electrons. The number of carbonyl (C=O) groups excluding carboxylic acids is 1. The summed E-state index contributed by atoms with van der Waals surface area (Å²) < 4.78 is 1.77. The number of hydrogen-bond acceptors (Lipinski definition) is 8. The molecule has 4 rings (SSSR count). The Bertz CT molecular complexity index is 1250. The number of aromatic amines is 1. The van der Waals surface area contributed by atoms with Gasteiger partial charge in [-0.25, -0.2) is 9.50 Å². The molecule has 0 bridgehead atoms. The Balaban J connectivity index is 1.43. The maximum atomic E-state index is 12.1. The van der Waals surface area contributed by atoms with Crippen LogP contribution in [0.25, 0.3) is 5.52 Å². The predicted molar refractivity (Wildman–Crippen MR) is 128 cm³/mol. The summed E-state index contributed by atoms with van der Waals surface area (Å²) in [5.41, 5.74) is 1.97. The first kappa shape index (κ1) is 22.8. The van der Waals surface area contributed by atoms with Gasteiger partial charge >= 0.3 is 0 Å². The maximum Gasteiger partial charge on any atom is 0.238 e. The Morgan fingerprint density at radius 2 is 2.03 bits per heavy atom. The van der Waals surface area contributed by atoms with Crippen molar-refractivity contribution in [3.05, 3.63) is 54.4 Å². The zero-order chi connectivity index (χ0) is 23.4. The second-order valence-electron chi connectivity index (χ2n) is 8.21. The molecule has 3 heterocycles. The van der Waals surface area contributed by atoms with Gasteiger partial charge in [-0.2, -0.15) is 5.10 Å². The Kier molecular flexibility index (Phi) is 6.63. The van der Waals surface area contributed by atoms with Crippen LogP contribution in [0.3, 0.4) is 0 Å². The molecule has 10 nitrogen and oxygen atoms in total. The number of aromatic nitrogens is 5. The molecule has 33 heavy (non-hydrogen) atoms. The van der Waals surface area contributed by atoms with Crippen LogP contribution in [0, 0.1) is 6.92 Å². The van der Waals surface area contributed by atoms with Crippen molar-refractivity contribution in [1.82, 2.24) is 30.1 Å². The second-order valence-corrected chi connectivity index (χ2v) is 9.25. The molecule has 0 fully saturated rings. The monoisotopic (exact) mass is 466 g/mol. The Hall–Kier alpha value is -3.41. The molecule has 0 aliphatic heterocycles. The highest BCUT2D eigenvalue weighted by molar-refractivity contribution is 7.99. The number of amides is 1. The van der Waals surface area contributed by atoms with Gasteiger partial charge in [0.25, 0.3) is 0 Å². The zero-order valence-corrected chi connectivity index (χ0v) is 19.4. The van der Waals surface area contributed by atoms with E-state index in [1.807, 2.05) is 69.4 Å². The van der Waals surface area contributed by atoms with Crippen LogP contribution in [0.1, 0.15) is 19.5 Å². The number of benzene rings is 1. The van der Waals surface area contributed by atoms with Gasteiger partial charge < -0.3 is 21.1 Å². The second kappa shape index (κ2) is 9.61. The molecular formula is C22H26N8O2S. The normalized spacial score (nSPS) is 11.6. The zero-order valence-electron chi connectivity index (χ0n) is 18.6. The highest BCUT2D eigenvalue weighted by Gasteiger charge is 2.17. The highest BCUT2D eigenvalue weighted by atomic mass is 32.2. The quantitative estimate of drug-likeness (QED) is 0.254. The number of fused-ring (bicyclic) bond motifs is 1. The van der Waals surface area contributed by atoms with E-state index in [0.717, 1.165) is 16.1 Å². The molecule has 0 atom stereocenters. The van der Waals surface area contributed by atoms with E-state index in [0.29, 0.717) is 22.5 Å². The number of aliphatic hydroxyl groups excluding tert-OH is 1. The first-order chi connectivity index (χ1) is 15.8. The van der Waals surface area contributed by atoms with Gasteiger partial charge in [-0.15, -0.1) is 5.10 Å². The van der Waals surface area contributed by atoms with Crippen LogP contribution in [0.4, 0.5) is 17.3 Å². The van der Waals surface area contributed by atoms with Crippen molar-refractivity contribution >= 4 is 40.5 Å². The Morgan fingerprint density at radius 3 is 2.73 bits per heavy atom. The highest BCUT2D eigenvalue weighted by Crippen LogP contribution is 2.28. The summed E-state index contributed by atoms with van der Waals surface area (Å²) in [7, 11) is 0. The van der Waals surface area contributed by atoms with Crippen LogP contribution >= 0.6 is 11.8 Å². The molecule has 0 radical (unpaired) electrons. The lowest BCUT2D eigenvalue weighted by molar-refractivity contribution is -0.115. The molecule has 5 N–H and O–H groups in total. The van der Waals surface area contributed by atoms with E-state index in [-0.39, 0.29) is 19.1 Å². The fourth-order valence-corrected chi connectivity index (χ4v) is 3.69. The number of rotatable bonds is 9. The van der Waals surface area contributed by atoms with E-state index in [2.05, 4.69) is 36.2 Å². The lowest BCUT2D eigenvalue weighted by Crippen LogP contribution is -2.46. The third kappa shape index (κ3) is 5.89. The van der Waals surface area contributed by atoms with Crippen molar-refractivity contribution < 1.29 is 9.90 Å². The van der Waals surface area contributed by atoms with Crippen LogP contribution < -0.4 is 16.0 Å². The average molecular weight is 467 g/mol. The van der Waals surface area contributed by atoms with E-state index in [1.165, 1.54) is 11.8 Å². The Labute approximate surface area is 195 Å². The molecule has 0 aliphatic rings. The molecule has 1 amide bonds. The van der Waals surface area contributed by atoms with E-state index in [4.69, 9.17) is 0 Å². The summed E-state index contributed by atoms with van der Waals surface area (Å²) in [6.07, 6.45) is 1.87. The summed E-state index contributed by atoms with van der Waals surface area (Å²) in [5.74, 6) is 1.16. The topological polar surface area (TPSA) is 132 Å². The number of carbonyl (C=O) groups is 1. The van der Waals surface area contributed by atoms with E-state index >= 15 is 0 Å². The van der Waals surface area contributed by atoms with Gasteiger partial charge in [0.1, 0.15) is 5.52 Å². The third-order valence-electron chi connectivity index (χ3n) is 4.79. The predicted octanol–water partition coefficient (Wildman–Crippen LogP) is 2.95. The molecule has 0 saturated carbocycles. The lowest BCUT2D eigenvalue weighted by atomic mass is 10.1. The number of nitrogens with zero attached hydrogens (tertiary/aromatic N) is 4. The molecule has 0 unspecified atom stereocenters. The van der Waals surface area contributed by atoms with Crippen molar-refractivity contribution in [2.75, 3.05) is 23.8 Å². The van der Waals surface area contributed by atoms with Crippen LogP contribution in [-0.2, 0) is 4.79 Å². The van der Waals surface area contributed by atoms with Crippen LogP contribution in [-0.4, -0.2) is 54.5 Å². The largest absolute Gasteiger partial charge is 0.394 e. The summed E-state index contributed by atoms with van der Waals surface area (Å²) in [4.78, 5) is 17.7.